The third kappa shape index (κ3) is 3.68. The summed E-state index contributed by atoms with van der Waals surface area (Å²) >= 11 is 1.34. The van der Waals surface area contributed by atoms with Gasteiger partial charge in [0.2, 0.25) is 0 Å². The fraction of sp³-hybridized carbons (Fsp3) is 0.667. The first kappa shape index (κ1) is 16.5. The topological polar surface area (TPSA) is 66.8 Å². The van der Waals surface area contributed by atoms with E-state index in [1.807, 2.05) is 6.92 Å². The van der Waals surface area contributed by atoms with Gasteiger partial charge in [0.25, 0.3) is 0 Å². The molecule has 0 amide bonds. The summed E-state index contributed by atoms with van der Waals surface area (Å²) in [5, 5.41) is 19.1. The number of carbonyl (C=O) groups excluding carboxylic acids is 1. The second-order valence-electron chi connectivity index (χ2n) is 6.45. The lowest BCUT2D eigenvalue weighted by molar-refractivity contribution is 0.0499. The molecular formula is C15H23BO4S. The van der Waals surface area contributed by atoms with Crippen LogP contribution in [0.25, 0.3) is 0 Å². The van der Waals surface area contributed by atoms with Crippen molar-refractivity contribution in [2.24, 2.45) is 5.41 Å². The Labute approximate surface area is 130 Å². The lowest BCUT2D eigenvalue weighted by Gasteiger charge is -2.29. The number of thiophene rings is 1. The van der Waals surface area contributed by atoms with Crippen LogP contribution in [0, 0.1) is 5.41 Å². The van der Waals surface area contributed by atoms with Crippen molar-refractivity contribution in [3.63, 3.8) is 0 Å². The van der Waals surface area contributed by atoms with Crippen molar-refractivity contribution in [1.29, 1.82) is 0 Å². The van der Waals surface area contributed by atoms with E-state index in [4.69, 9.17) is 4.74 Å². The fourth-order valence-corrected chi connectivity index (χ4v) is 3.91. The van der Waals surface area contributed by atoms with Gasteiger partial charge in [-0.2, -0.15) is 0 Å². The molecule has 0 aliphatic heterocycles. The zero-order valence-electron chi connectivity index (χ0n) is 12.9. The summed E-state index contributed by atoms with van der Waals surface area (Å²) in [6, 6.07) is 0. The van der Waals surface area contributed by atoms with E-state index in [1.165, 1.54) is 11.3 Å². The minimum atomic E-state index is -1.61. The standard InChI is InChI=1S/C15H23BO4S/c1-4-5-8-20-14(17)12-10-9-15(2,3)7-6-11(10)21-13(12)16(18)19/h18-19H,4-9H2,1-3H3. The first-order chi connectivity index (χ1) is 9.85. The molecule has 0 atom stereocenters. The molecule has 6 heteroatoms. The maximum atomic E-state index is 12.4. The van der Waals surface area contributed by atoms with Crippen molar-refractivity contribution in [3.8, 4) is 0 Å². The highest BCUT2D eigenvalue weighted by Gasteiger charge is 2.35. The van der Waals surface area contributed by atoms with Gasteiger partial charge in [-0.05, 0) is 36.7 Å². The molecule has 1 aliphatic carbocycles. The number of aryl methyl sites for hydroxylation is 1. The Morgan fingerprint density at radius 1 is 1.43 bits per heavy atom. The number of rotatable bonds is 5. The van der Waals surface area contributed by atoms with E-state index < -0.39 is 13.1 Å². The van der Waals surface area contributed by atoms with Crippen molar-refractivity contribution in [2.45, 2.75) is 52.9 Å². The van der Waals surface area contributed by atoms with Gasteiger partial charge < -0.3 is 14.8 Å². The van der Waals surface area contributed by atoms with Gasteiger partial charge in [-0.3, -0.25) is 0 Å². The molecule has 21 heavy (non-hydrogen) atoms. The van der Waals surface area contributed by atoms with Crippen LogP contribution in [0.4, 0.5) is 0 Å². The van der Waals surface area contributed by atoms with Crippen molar-refractivity contribution < 1.29 is 19.6 Å². The highest BCUT2D eigenvalue weighted by Crippen LogP contribution is 2.38. The molecule has 0 unspecified atom stereocenters. The summed E-state index contributed by atoms with van der Waals surface area (Å²) in [6.07, 6.45) is 4.49. The van der Waals surface area contributed by atoms with Gasteiger partial charge in [0.1, 0.15) is 0 Å². The van der Waals surface area contributed by atoms with Crippen LogP contribution < -0.4 is 4.78 Å². The van der Waals surface area contributed by atoms with Gasteiger partial charge in [0.15, 0.2) is 0 Å². The minimum absolute atomic E-state index is 0.129. The molecule has 0 bridgehead atoms. The van der Waals surface area contributed by atoms with Gasteiger partial charge in [-0.15, -0.1) is 11.3 Å². The van der Waals surface area contributed by atoms with Crippen LogP contribution in [0.3, 0.4) is 0 Å². The van der Waals surface area contributed by atoms with E-state index in [0.717, 1.165) is 42.5 Å². The van der Waals surface area contributed by atoms with E-state index in [9.17, 15) is 14.8 Å². The van der Waals surface area contributed by atoms with Gasteiger partial charge in [0, 0.05) is 9.65 Å². The molecule has 0 aromatic carbocycles. The van der Waals surface area contributed by atoms with Gasteiger partial charge >= 0.3 is 13.1 Å². The first-order valence-electron chi connectivity index (χ1n) is 7.53. The maximum absolute atomic E-state index is 12.4. The van der Waals surface area contributed by atoms with Crippen molar-refractivity contribution in [2.75, 3.05) is 6.61 Å². The number of hydrogen-bond donors (Lipinski definition) is 2. The van der Waals surface area contributed by atoms with Crippen molar-refractivity contribution in [3.05, 3.63) is 16.0 Å². The van der Waals surface area contributed by atoms with Gasteiger partial charge in [-0.25, -0.2) is 4.79 Å². The first-order valence-corrected chi connectivity index (χ1v) is 8.35. The Hall–Kier alpha value is -0.845. The zero-order chi connectivity index (χ0) is 15.6. The molecule has 2 rings (SSSR count). The molecule has 116 valence electrons. The lowest BCUT2D eigenvalue weighted by Crippen LogP contribution is -2.33. The molecule has 1 heterocycles. The van der Waals surface area contributed by atoms with Crippen molar-refractivity contribution >= 4 is 29.2 Å². The van der Waals surface area contributed by atoms with E-state index >= 15 is 0 Å². The Morgan fingerprint density at radius 2 is 2.14 bits per heavy atom. The molecule has 1 aromatic heterocycles. The van der Waals surface area contributed by atoms with E-state index in [2.05, 4.69) is 13.8 Å². The van der Waals surface area contributed by atoms with E-state index in [-0.39, 0.29) is 5.41 Å². The average Bonchev–Trinajstić information content (AvgIpc) is 2.76. The van der Waals surface area contributed by atoms with Gasteiger partial charge in [-0.1, -0.05) is 27.2 Å². The van der Waals surface area contributed by atoms with Crippen LogP contribution in [0.15, 0.2) is 0 Å². The largest absolute Gasteiger partial charge is 0.499 e. The predicted molar refractivity (Wildman–Crippen MR) is 85.1 cm³/mol. The monoisotopic (exact) mass is 310 g/mol. The second kappa shape index (κ2) is 6.50. The Balaban J connectivity index is 2.33. The zero-order valence-corrected chi connectivity index (χ0v) is 13.8. The van der Waals surface area contributed by atoms with Crippen LogP contribution in [0.2, 0.25) is 0 Å². The smallest absolute Gasteiger partial charge is 0.462 e. The summed E-state index contributed by atoms with van der Waals surface area (Å²) in [7, 11) is -1.61. The van der Waals surface area contributed by atoms with Crippen LogP contribution in [-0.2, 0) is 17.6 Å². The summed E-state index contributed by atoms with van der Waals surface area (Å²) in [4.78, 5) is 13.4. The molecule has 0 saturated carbocycles. The number of fused-ring (bicyclic) bond motifs is 1. The summed E-state index contributed by atoms with van der Waals surface area (Å²) in [6.45, 7) is 6.76. The van der Waals surface area contributed by atoms with Crippen LogP contribution in [-0.4, -0.2) is 29.7 Å². The molecule has 0 fully saturated rings. The average molecular weight is 310 g/mol. The quantitative estimate of drug-likeness (QED) is 0.495. The molecule has 2 N–H and O–H groups in total. The normalized spacial score (nSPS) is 16.4. The highest BCUT2D eigenvalue weighted by molar-refractivity contribution is 7.22. The minimum Gasteiger partial charge on any atom is -0.462 e. The third-order valence-corrected chi connectivity index (χ3v) is 5.30. The Morgan fingerprint density at radius 3 is 2.76 bits per heavy atom. The van der Waals surface area contributed by atoms with E-state index in [0.29, 0.717) is 16.9 Å². The molecule has 0 radical (unpaired) electrons. The Kier molecular flexibility index (Phi) is 5.12. The molecule has 1 aliphatic rings. The Bertz CT molecular complexity index is 522. The lowest BCUT2D eigenvalue weighted by atomic mass is 9.74. The van der Waals surface area contributed by atoms with E-state index in [1.54, 1.807) is 0 Å². The number of unbranched alkanes of at least 4 members (excludes halogenated alkanes) is 1. The summed E-state index contributed by atoms with van der Waals surface area (Å²) < 4.78 is 5.63. The number of carbonyl (C=O) groups is 1. The van der Waals surface area contributed by atoms with Crippen LogP contribution in [0.1, 0.15) is 60.8 Å². The molecule has 0 saturated heterocycles. The number of ether oxygens (including phenoxy) is 1. The molecule has 1 aromatic rings. The molecular weight excluding hydrogens is 287 g/mol. The predicted octanol–water partition coefficient (Wildman–Crippen LogP) is 1.90. The summed E-state index contributed by atoms with van der Waals surface area (Å²) in [5.74, 6) is -0.415. The van der Waals surface area contributed by atoms with Crippen molar-refractivity contribution in [1.82, 2.24) is 0 Å². The van der Waals surface area contributed by atoms with Gasteiger partial charge in [0.05, 0.1) is 12.2 Å². The van der Waals surface area contributed by atoms with Crippen LogP contribution in [0.5, 0.6) is 0 Å². The fourth-order valence-electron chi connectivity index (χ4n) is 2.73. The maximum Gasteiger partial charge on any atom is 0.499 e. The third-order valence-electron chi connectivity index (χ3n) is 3.97. The summed E-state index contributed by atoms with van der Waals surface area (Å²) in [5.41, 5.74) is 1.49. The SMILES string of the molecule is CCCCOC(=O)c1c(B(O)O)sc2c1CC(C)(C)CC2. The second-order valence-corrected chi connectivity index (χ2v) is 7.58. The van der Waals surface area contributed by atoms with Crippen LogP contribution >= 0.6 is 11.3 Å². The molecule has 4 nitrogen and oxygen atoms in total. The number of esters is 1. The highest BCUT2D eigenvalue weighted by atomic mass is 32.1. The number of hydrogen-bond acceptors (Lipinski definition) is 5. The molecule has 0 spiro atoms.